The van der Waals surface area contributed by atoms with E-state index in [0.29, 0.717) is 19.0 Å². The van der Waals surface area contributed by atoms with Crippen molar-refractivity contribution >= 4 is 13.6 Å². The first kappa shape index (κ1) is 27.1. The Morgan fingerprint density at radius 2 is 1.79 bits per heavy atom. The zero-order valence-corrected chi connectivity index (χ0v) is 19.4. The molecule has 0 aromatic heterocycles. The number of rotatable bonds is 14. The largest absolute Gasteiger partial charge is 0.465 e. The van der Waals surface area contributed by atoms with Gasteiger partial charge in [0.15, 0.2) is 5.66 Å². The van der Waals surface area contributed by atoms with E-state index >= 15 is 0 Å². The van der Waals surface area contributed by atoms with Crippen LogP contribution >= 0.6 is 7.60 Å². The van der Waals surface area contributed by atoms with Crippen LogP contribution in [0.1, 0.15) is 73.1 Å². The third-order valence-corrected chi connectivity index (χ3v) is 6.16. The van der Waals surface area contributed by atoms with Crippen molar-refractivity contribution in [1.82, 2.24) is 4.90 Å². The molecule has 2 unspecified atom stereocenters. The highest BCUT2D eigenvalue weighted by Gasteiger charge is 2.36. The highest BCUT2D eigenvalue weighted by atomic mass is 31.2. The molecule has 0 aliphatic rings. The molecule has 0 amide bonds. The summed E-state index contributed by atoms with van der Waals surface area (Å²) in [6.45, 7) is 11.0. The average molecular weight is 418 g/mol. The van der Waals surface area contributed by atoms with E-state index in [0.717, 1.165) is 25.7 Å². The van der Waals surface area contributed by atoms with Crippen LogP contribution in [0.15, 0.2) is 23.3 Å². The van der Waals surface area contributed by atoms with Gasteiger partial charge in [0.2, 0.25) is 0 Å². The lowest BCUT2D eigenvalue weighted by molar-refractivity contribution is -0.143. The van der Waals surface area contributed by atoms with Crippen molar-refractivity contribution in [1.29, 1.82) is 0 Å². The molecule has 28 heavy (non-hydrogen) atoms. The number of carbonyl (C=O) groups excluding carboxylic acids is 1. The number of ether oxygens (including phenoxy) is 1. The summed E-state index contributed by atoms with van der Waals surface area (Å²) < 4.78 is 16.3. The Kier molecular flexibility index (Phi) is 13.6. The van der Waals surface area contributed by atoms with E-state index in [-0.39, 0.29) is 13.0 Å². The molecule has 0 aliphatic heterocycles. The summed E-state index contributed by atoms with van der Waals surface area (Å²) in [6.07, 6.45) is 9.43. The number of hydrogen-bond donors (Lipinski definition) is 2. The summed E-state index contributed by atoms with van der Waals surface area (Å²) in [6, 6.07) is 0.359. The Morgan fingerprint density at radius 1 is 1.14 bits per heavy atom. The Hall–Kier alpha value is -0.940. The molecule has 0 heterocycles. The predicted octanol–water partition coefficient (Wildman–Crippen LogP) is 4.67. The first-order valence-corrected chi connectivity index (χ1v) is 11.9. The minimum Gasteiger partial charge on any atom is -0.465 e. The van der Waals surface area contributed by atoms with Crippen molar-refractivity contribution in [3.8, 4) is 0 Å². The first-order valence-electron chi connectivity index (χ1n) is 10.2. The van der Waals surface area contributed by atoms with Crippen molar-refractivity contribution in [2.45, 2.75) is 84.8 Å². The maximum Gasteiger partial charge on any atom is 0.339 e. The van der Waals surface area contributed by atoms with Crippen LogP contribution in [0.2, 0.25) is 0 Å². The number of carbonyl (C=O) groups is 1. The zero-order chi connectivity index (χ0) is 21.7. The van der Waals surface area contributed by atoms with Gasteiger partial charge in [0.05, 0.1) is 6.61 Å². The summed E-state index contributed by atoms with van der Waals surface area (Å²) in [5.74, 6) is -0.805. The van der Waals surface area contributed by atoms with Gasteiger partial charge in [0.25, 0.3) is 0 Å². The van der Waals surface area contributed by atoms with Gasteiger partial charge < -0.3 is 19.4 Å². The number of allylic oxidation sites excluding steroid dienone is 4. The lowest BCUT2D eigenvalue weighted by Gasteiger charge is -2.25. The van der Waals surface area contributed by atoms with Crippen molar-refractivity contribution in [2.24, 2.45) is 0 Å². The molecule has 0 radical (unpaired) electrons. The maximum atomic E-state index is 11.8. The highest BCUT2D eigenvalue weighted by Crippen LogP contribution is 2.44. The van der Waals surface area contributed by atoms with Gasteiger partial charge in [-0.15, -0.1) is 0 Å². The van der Waals surface area contributed by atoms with E-state index in [1.165, 1.54) is 11.1 Å². The van der Waals surface area contributed by atoms with Gasteiger partial charge in [-0.05, 0) is 86.7 Å². The lowest BCUT2D eigenvalue weighted by atomic mass is 10.1. The topological polar surface area (TPSA) is 87.1 Å². The van der Waals surface area contributed by atoms with Gasteiger partial charge in [-0.3, -0.25) is 9.36 Å². The Balaban J connectivity index is 4.33. The Labute approximate surface area is 171 Å². The fourth-order valence-corrected chi connectivity index (χ4v) is 3.77. The van der Waals surface area contributed by atoms with Gasteiger partial charge in [0.1, 0.15) is 0 Å². The molecule has 0 spiro atoms. The third kappa shape index (κ3) is 12.5. The standard InChI is InChI=1S/C21H40NO5P/c1-7-27-21(23)20(28(24,25)26)15-10-16-22(6)19(5)14-9-13-18(4)12-8-11-17(2)3/h11,13,19-20H,7-10,12,14-16H2,1-6H3,(H2,24,25,26)/b18-13+. The molecule has 7 heteroatoms. The summed E-state index contributed by atoms with van der Waals surface area (Å²) >= 11 is 0. The minimum atomic E-state index is -4.49. The second kappa shape index (κ2) is 14.1. The molecule has 0 bridgehead atoms. The van der Waals surface area contributed by atoms with Crippen LogP contribution in [0.4, 0.5) is 0 Å². The maximum absolute atomic E-state index is 11.8. The van der Waals surface area contributed by atoms with Gasteiger partial charge in [-0.2, -0.15) is 0 Å². The van der Waals surface area contributed by atoms with Crippen molar-refractivity contribution in [3.63, 3.8) is 0 Å². The van der Waals surface area contributed by atoms with Crippen molar-refractivity contribution < 1.29 is 23.9 Å². The molecular weight excluding hydrogens is 377 g/mol. The zero-order valence-electron chi connectivity index (χ0n) is 18.5. The highest BCUT2D eigenvalue weighted by molar-refractivity contribution is 7.53. The molecule has 164 valence electrons. The van der Waals surface area contributed by atoms with Gasteiger partial charge in [0, 0.05) is 6.04 Å². The van der Waals surface area contributed by atoms with Crippen molar-refractivity contribution in [3.05, 3.63) is 23.3 Å². The molecular formula is C21H40NO5P. The first-order chi connectivity index (χ1) is 13.0. The van der Waals surface area contributed by atoms with Gasteiger partial charge in [-0.25, -0.2) is 0 Å². The van der Waals surface area contributed by atoms with E-state index < -0.39 is 19.2 Å². The lowest BCUT2D eigenvalue weighted by Crippen LogP contribution is -2.31. The van der Waals surface area contributed by atoms with Crippen LogP contribution < -0.4 is 0 Å². The molecule has 0 saturated heterocycles. The minimum absolute atomic E-state index is 0.119. The molecule has 0 aromatic carbocycles. The van der Waals surface area contributed by atoms with E-state index in [1.807, 2.05) is 7.05 Å². The monoisotopic (exact) mass is 417 g/mol. The molecule has 0 rings (SSSR count). The van der Waals surface area contributed by atoms with E-state index in [9.17, 15) is 19.1 Å². The van der Waals surface area contributed by atoms with E-state index in [4.69, 9.17) is 4.74 Å². The molecule has 2 N–H and O–H groups in total. The molecule has 0 aromatic rings. The fourth-order valence-electron chi connectivity index (χ4n) is 2.90. The predicted molar refractivity (Wildman–Crippen MR) is 115 cm³/mol. The molecule has 0 saturated carbocycles. The van der Waals surface area contributed by atoms with E-state index in [1.54, 1.807) is 6.92 Å². The summed E-state index contributed by atoms with van der Waals surface area (Å²) in [4.78, 5) is 32.7. The Bertz CT molecular complexity index is 563. The average Bonchev–Trinajstić information content (AvgIpc) is 2.56. The van der Waals surface area contributed by atoms with Crippen LogP contribution in [0, 0.1) is 0 Å². The van der Waals surface area contributed by atoms with Crippen molar-refractivity contribution in [2.75, 3.05) is 20.2 Å². The van der Waals surface area contributed by atoms with Crippen LogP contribution in [-0.4, -0.2) is 52.6 Å². The van der Waals surface area contributed by atoms with E-state index in [2.05, 4.69) is 44.7 Å². The van der Waals surface area contributed by atoms with Gasteiger partial charge in [-0.1, -0.05) is 23.3 Å². The molecule has 0 fully saturated rings. The molecule has 2 atom stereocenters. The second-order valence-corrected chi connectivity index (χ2v) is 9.58. The number of nitrogens with zero attached hydrogens (tertiary/aromatic N) is 1. The molecule has 0 aliphatic carbocycles. The number of esters is 1. The smallest absolute Gasteiger partial charge is 0.339 e. The van der Waals surface area contributed by atoms with Crippen LogP contribution in [0.25, 0.3) is 0 Å². The second-order valence-electron chi connectivity index (χ2n) is 7.78. The summed E-state index contributed by atoms with van der Waals surface area (Å²) in [5.41, 5.74) is 1.40. The number of hydrogen-bond acceptors (Lipinski definition) is 4. The fraction of sp³-hybridized carbons (Fsp3) is 0.762. The summed E-state index contributed by atoms with van der Waals surface area (Å²) in [5, 5.41) is 0. The van der Waals surface area contributed by atoms with Crippen LogP contribution in [-0.2, 0) is 14.1 Å². The summed E-state index contributed by atoms with van der Waals surface area (Å²) in [7, 11) is -2.49. The third-order valence-electron chi connectivity index (χ3n) is 4.87. The Morgan fingerprint density at radius 3 is 2.32 bits per heavy atom. The van der Waals surface area contributed by atoms with Gasteiger partial charge >= 0.3 is 13.6 Å². The quantitative estimate of drug-likeness (QED) is 0.243. The van der Waals surface area contributed by atoms with Crippen LogP contribution in [0.3, 0.4) is 0 Å². The normalized spacial score (nSPS) is 14.7. The molecule has 6 nitrogen and oxygen atoms in total. The SMILES string of the molecule is CCOC(=O)C(CCCN(C)C(C)CC/C=C(\C)CCC=C(C)C)P(=O)(O)O. The van der Waals surface area contributed by atoms with Crippen LogP contribution in [0.5, 0.6) is 0 Å².